The summed E-state index contributed by atoms with van der Waals surface area (Å²) in [6.07, 6.45) is 13.4. The van der Waals surface area contributed by atoms with Crippen LogP contribution in [0.15, 0.2) is 212 Å². The van der Waals surface area contributed by atoms with Crippen molar-refractivity contribution in [2.75, 3.05) is 0 Å². The summed E-state index contributed by atoms with van der Waals surface area (Å²) in [5.74, 6) is 0. The Labute approximate surface area is 373 Å². The maximum atomic E-state index is 2.55. The molecule has 0 fully saturated rings. The fourth-order valence-corrected chi connectivity index (χ4v) is 11.1. The molecule has 0 saturated heterocycles. The Morgan fingerprint density at radius 1 is 0.344 bits per heavy atom. The molecule has 13 rings (SSSR count). The van der Waals surface area contributed by atoms with E-state index in [0.29, 0.717) is 0 Å². The Morgan fingerprint density at radius 3 is 1.56 bits per heavy atom. The van der Waals surface area contributed by atoms with Crippen LogP contribution >= 0.6 is 0 Å². The van der Waals surface area contributed by atoms with Gasteiger partial charge in [-0.15, -0.1) is 0 Å². The number of benzene rings is 9. The summed E-state index contributed by atoms with van der Waals surface area (Å²) >= 11 is 0. The van der Waals surface area contributed by atoms with Crippen molar-refractivity contribution < 1.29 is 0 Å². The van der Waals surface area contributed by atoms with Gasteiger partial charge in [0.2, 0.25) is 0 Å². The summed E-state index contributed by atoms with van der Waals surface area (Å²) in [7, 11) is 0. The molecule has 0 bridgehead atoms. The minimum absolute atomic E-state index is 0.955. The highest BCUT2D eigenvalue weighted by Crippen LogP contribution is 2.49. The van der Waals surface area contributed by atoms with E-state index in [0.717, 1.165) is 31.4 Å². The maximum Gasteiger partial charge on any atom is 0.0541 e. The van der Waals surface area contributed by atoms with Crippen LogP contribution in [0.1, 0.15) is 41.6 Å². The maximum absolute atomic E-state index is 2.55. The first kappa shape index (κ1) is 36.7. The highest BCUT2D eigenvalue weighted by atomic mass is 15.0. The lowest BCUT2D eigenvalue weighted by Crippen LogP contribution is -2.04. The molecule has 2 nitrogen and oxygen atoms in total. The molecule has 11 aromatic rings. The molecule has 2 aliphatic carbocycles. The van der Waals surface area contributed by atoms with Crippen molar-refractivity contribution in [3.8, 4) is 33.6 Å². The predicted octanol–water partition coefficient (Wildman–Crippen LogP) is 16.6. The molecule has 0 radical (unpaired) electrons. The second kappa shape index (κ2) is 14.9. The molecular weight excluding hydrogens is 773 g/mol. The summed E-state index contributed by atoms with van der Waals surface area (Å²) in [6, 6.07) is 72.3. The highest BCUT2D eigenvalue weighted by Gasteiger charge is 2.26. The Bertz CT molecular complexity index is 3710. The summed E-state index contributed by atoms with van der Waals surface area (Å²) in [5.41, 5.74) is 19.0. The van der Waals surface area contributed by atoms with Crippen LogP contribution in [-0.2, 0) is 6.42 Å². The topological polar surface area (TPSA) is 9.86 Å². The standard InChI is InChI=1S/C62H44N2/c1-3-19-41(20-4-1)45-23-7-9-29-51(45)61-53-37-35-44(64-59-33-17-13-27-49(59)50-28-14-18-34-60(50)64)40-56(53)62(52-30-10-8-24-46(52)42-21-5-2-6-22-42)54-38-36-43(39-55(54)61)63-57-31-15-11-25-47(57)48-26-12-16-32-58(48)63/h1-9,11-17,19-29,31-33,35-40H,10,18,30,34H2. The third-order valence-electron chi connectivity index (χ3n) is 13.9. The molecule has 0 atom stereocenters. The van der Waals surface area contributed by atoms with Gasteiger partial charge in [-0.25, -0.2) is 0 Å². The van der Waals surface area contributed by atoms with E-state index < -0.39 is 0 Å². The first-order valence-electron chi connectivity index (χ1n) is 22.7. The van der Waals surface area contributed by atoms with Crippen molar-refractivity contribution in [2.24, 2.45) is 0 Å². The van der Waals surface area contributed by atoms with E-state index in [1.807, 2.05) is 0 Å². The Morgan fingerprint density at radius 2 is 0.859 bits per heavy atom. The minimum atomic E-state index is 0.955. The fraction of sp³-hybridized carbons (Fsp3) is 0.0645. The average molecular weight is 817 g/mol. The third kappa shape index (κ3) is 5.65. The van der Waals surface area contributed by atoms with Crippen molar-refractivity contribution in [1.29, 1.82) is 0 Å². The molecule has 2 aliphatic rings. The summed E-state index contributed by atoms with van der Waals surface area (Å²) in [5, 5.41) is 8.91. The van der Waals surface area contributed by atoms with E-state index in [9.17, 15) is 0 Å². The van der Waals surface area contributed by atoms with E-state index in [1.54, 1.807) is 0 Å². The number of para-hydroxylation sites is 3. The van der Waals surface area contributed by atoms with Crippen molar-refractivity contribution >= 4 is 71.5 Å². The van der Waals surface area contributed by atoms with Gasteiger partial charge in [0.05, 0.1) is 16.6 Å². The molecule has 0 unspecified atom stereocenters. The number of nitrogens with zero attached hydrogens (tertiary/aromatic N) is 2. The number of aromatic nitrogens is 2. The largest absolute Gasteiger partial charge is 0.313 e. The van der Waals surface area contributed by atoms with Crippen molar-refractivity contribution in [1.82, 2.24) is 9.13 Å². The van der Waals surface area contributed by atoms with Crippen LogP contribution in [0.3, 0.4) is 0 Å². The van der Waals surface area contributed by atoms with Gasteiger partial charge >= 0.3 is 0 Å². The number of allylic oxidation sites excluding steroid dienone is 5. The van der Waals surface area contributed by atoms with E-state index in [-0.39, 0.29) is 0 Å². The SMILES string of the molecule is C1=CC(c2ccccc2)=C(c2c3cc(-n4c5c(c6ccccc64)C=CCC5)ccc3c(-c3ccccc3-c3ccccc3)c3cc(-n4c5ccccc5c5ccccc54)ccc23)CC1. The number of rotatable bonds is 6. The first-order chi connectivity index (χ1) is 31.8. The van der Waals surface area contributed by atoms with Crippen LogP contribution in [0.5, 0.6) is 0 Å². The van der Waals surface area contributed by atoms with Crippen LogP contribution in [0.2, 0.25) is 0 Å². The number of hydrogen-bond donors (Lipinski definition) is 0. The average Bonchev–Trinajstić information content (AvgIpc) is 3.89. The molecular formula is C62H44N2. The summed E-state index contributed by atoms with van der Waals surface area (Å²) in [6.45, 7) is 0. The predicted molar refractivity (Wildman–Crippen MR) is 272 cm³/mol. The van der Waals surface area contributed by atoms with Crippen LogP contribution < -0.4 is 0 Å². The van der Waals surface area contributed by atoms with E-state index in [2.05, 4.69) is 228 Å². The zero-order valence-electron chi connectivity index (χ0n) is 35.5. The quantitative estimate of drug-likeness (QED) is 0.148. The number of hydrogen-bond acceptors (Lipinski definition) is 0. The van der Waals surface area contributed by atoms with Crippen molar-refractivity contribution in [3.05, 3.63) is 235 Å². The zero-order chi connectivity index (χ0) is 42.1. The molecule has 0 aliphatic heterocycles. The van der Waals surface area contributed by atoms with Gasteiger partial charge in [0.15, 0.2) is 0 Å². The Kier molecular flexibility index (Phi) is 8.52. The molecule has 2 aromatic heterocycles. The molecule has 2 heterocycles. The summed E-state index contributed by atoms with van der Waals surface area (Å²) < 4.78 is 5.02. The lowest BCUT2D eigenvalue weighted by atomic mass is 9.80. The van der Waals surface area contributed by atoms with E-state index in [4.69, 9.17) is 0 Å². The minimum Gasteiger partial charge on any atom is -0.313 e. The molecule has 64 heavy (non-hydrogen) atoms. The lowest BCUT2D eigenvalue weighted by Gasteiger charge is -2.25. The molecule has 0 spiro atoms. The van der Waals surface area contributed by atoms with Gasteiger partial charge in [-0.3, -0.25) is 0 Å². The second-order valence-electron chi connectivity index (χ2n) is 17.3. The van der Waals surface area contributed by atoms with Gasteiger partial charge < -0.3 is 9.13 Å². The van der Waals surface area contributed by atoms with Crippen LogP contribution in [0.4, 0.5) is 0 Å². The van der Waals surface area contributed by atoms with E-state index in [1.165, 1.54) is 116 Å². The molecule has 0 N–H and O–H groups in total. The van der Waals surface area contributed by atoms with E-state index >= 15 is 0 Å². The van der Waals surface area contributed by atoms with Gasteiger partial charge in [-0.1, -0.05) is 176 Å². The highest BCUT2D eigenvalue weighted by molar-refractivity contribution is 6.23. The van der Waals surface area contributed by atoms with Gasteiger partial charge in [0.1, 0.15) is 0 Å². The first-order valence-corrected chi connectivity index (χ1v) is 22.7. The van der Waals surface area contributed by atoms with Gasteiger partial charge in [-0.2, -0.15) is 0 Å². The molecule has 2 heteroatoms. The Hall–Kier alpha value is -7.94. The number of fused-ring (bicyclic) bond motifs is 8. The smallest absolute Gasteiger partial charge is 0.0541 e. The van der Waals surface area contributed by atoms with Crippen LogP contribution in [0, 0.1) is 0 Å². The van der Waals surface area contributed by atoms with Crippen LogP contribution in [-0.4, -0.2) is 9.13 Å². The monoisotopic (exact) mass is 816 g/mol. The molecule has 9 aromatic carbocycles. The lowest BCUT2D eigenvalue weighted by molar-refractivity contribution is 0.889. The zero-order valence-corrected chi connectivity index (χ0v) is 35.5. The molecule has 302 valence electrons. The van der Waals surface area contributed by atoms with Gasteiger partial charge in [-0.05, 0) is 134 Å². The van der Waals surface area contributed by atoms with Crippen molar-refractivity contribution in [2.45, 2.75) is 25.7 Å². The van der Waals surface area contributed by atoms with Crippen LogP contribution in [0.25, 0.3) is 105 Å². The molecule has 0 amide bonds. The Balaban J connectivity index is 1.21. The third-order valence-corrected chi connectivity index (χ3v) is 13.9. The fourth-order valence-electron chi connectivity index (χ4n) is 11.1. The summed E-state index contributed by atoms with van der Waals surface area (Å²) in [4.78, 5) is 0. The normalized spacial score (nSPS) is 13.8. The second-order valence-corrected chi connectivity index (χ2v) is 17.3. The van der Waals surface area contributed by atoms with Crippen molar-refractivity contribution in [3.63, 3.8) is 0 Å². The van der Waals surface area contributed by atoms with Gasteiger partial charge in [0, 0.05) is 38.8 Å². The molecule has 0 saturated carbocycles. The van der Waals surface area contributed by atoms with Gasteiger partial charge in [0.25, 0.3) is 0 Å².